The summed E-state index contributed by atoms with van der Waals surface area (Å²) in [6.07, 6.45) is 11.0. The smallest absolute Gasteiger partial charge is 0.00947 e. The average molecular weight is 238 g/mol. The number of nitrogens with two attached hydrogens (primary N) is 1. The molecule has 0 aromatic rings. The van der Waals surface area contributed by atoms with E-state index in [-0.39, 0.29) is 0 Å². The van der Waals surface area contributed by atoms with Crippen LogP contribution in [0.25, 0.3) is 0 Å². The number of rotatable bonds is 4. The van der Waals surface area contributed by atoms with Gasteiger partial charge in [-0.3, -0.25) is 0 Å². The second-order valence-corrected chi connectivity index (χ2v) is 6.55. The average Bonchev–Trinajstić information content (AvgIpc) is 2.72. The Bertz CT molecular complexity index is 229. The zero-order valence-electron chi connectivity index (χ0n) is 11.7. The molecule has 2 heteroatoms. The van der Waals surface area contributed by atoms with Crippen molar-refractivity contribution in [3.8, 4) is 0 Å². The largest absolute Gasteiger partial charge is 0.327 e. The molecule has 4 unspecified atom stereocenters. The van der Waals surface area contributed by atoms with E-state index in [1.807, 2.05) is 0 Å². The Morgan fingerprint density at radius 1 is 1.12 bits per heavy atom. The third kappa shape index (κ3) is 3.69. The van der Waals surface area contributed by atoms with E-state index in [4.69, 9.17) is 5.73 Å². The first-order chi connectivity index (χ1) is 8.16. The molecule has 100 valence electrons. The predicted octanol–water partition coefficient (Wildman–Crippen LogP) is 3.01. The van der Waals surface area contributed by atoms with Crippen LogP contribution < -0.4 is 5.73 Å². The first-order valence-electron chi connectivity index (χ1n) is 7.62. The summed E-state index contributed by atoms with van der Waals surface area (Å²) in [6.45, 7) is 3.67. The van der Waals surface area contributed by atoms with E-state index in [9.17, 15) is 0 Å². The fourth-order valence-corrected chi connectivity index (χ4v) is 3.78. The van der Waals surface area contributed by atoms with E-state index in [0.717, 1.165) is 17.9 Å². The fraction of sp³-hybridized carbons (Fsp3) is 1.00. The minimum atomic E-state index is 0.494. The van der Waals surface area contributed by atoms with Gasteiger partial charge >= 0.3 is 0 Å². The molecule has 2 aliphatic carbocycles. The van der Waals surface area contributed by atoms with E-state index in [1.54, 1.807) is 0 Å². The third-order valence-electron chi connectivity index (χ3n) is 5.10. The summed E-state index contributed by atoms with van der Waals surface area (Å²) in [5.41, 5.74) is 6.15. The van der Waals surface area contributed by atoms with Crippen molar-refractivity contribution < 1.29 is 0 Å². The van der Waals surface area contributed by atoms with Gasteiger partial charge in [0.1, 0.15) is 0 Å². The van der Waals surface area contributed by atoms with E-state index < -0.39 is 0 Å². The van der Waals surface area contributed by atoms with Crippen molar-refractivity contribution in [1.82, 2.24) is 4.90 Å². The highest BCUT2D eigenvalue weighted by molar-refractivity contribution is 4.82. The Kier molecular flexibility index (Phi) is 4.87. The van der Waals surface area contributed by atoms with Crippen molar-refractivity contribution in [2.45, 2.75) is 70.4 Å². The van der Waals surface area contributed by atoms with Crippen LogP contribution in [0.4, 0.5) is 0 Å². The molecule has 0 saturated heterocycles. The molecule has 2 saturated carbocycles. The monoisotopic (exact) mass is 238 g/mol. The van der Waals surface area contributed by atoms with E-state index in [0.29, 0.717) is 6.04 Å². The van der Waals surface area contributed by atoms with Gasteiger partial charge in [0.2, 0.25) is 0 Å². The number of hydrogen-bond acceptors (Lipinski definition) is 2. The Hall–Kier alpha value is -0.0800. The SMILES string of the molecule is CC1CCCC(N(C)CCC2CCCC2N)C1. The molecule has 0 spiro atoms. The number of hydrogen-bond donors (Lipinski definition) is 1. The van der Waals surface area contributed by atoms with Gasteiger partial charge in [0.05, 0.1) is 0 Å². The van der Waals surface area contributed by atoms with E-state index in [2.05, 4.69) is 18.9 Å². The molecule has 2 fully saturated rings. The summed E-state index contributed by atoms with van der Waals surface area (Å²) >= 11 is 0. The van der Waals surface area contributed by atoms with Crippen molar-refractivity contribution in [1.29, 1.82) is 0 Å². The summed E-state index contributed by atoms with van der Waals surface area (Å²) in [4.78, 5) is 2.61. The van der Waals surface area contributed by atoms with Gasteiger partial charge in [0, 0.05) is 12.1 Å². The molecule has 2 nitrogen and oxygen atoms in total. The van der Waals surface area contributed by atoms with Gasteiger partial charge in [-0.2, -0.15) is 0 Å². The van der Waals surface area contributed by atoms with Gasteiger partial charge in [-0.15, -0.1) is 0 Å². The molecule has 0 heterocycles. The minimum Gasteiger partial charge on any atom is -0.327 e. The predicted molar refractivity (Wildman–Crippen MR) is 74.0 cm³/mol. The van der Waals surface area contributed by atoms with Crippen molar-refractivity contribution in [2.75, 3.05) is 13.6 Å². The van der Waals surface area contributed by atoms with Gasteiger partial charge in [-0.05, 0) is 57.5 Å². The van der Waals surface area contributed by atoms with Gasteiger partial charge < -0.3 is 10.6 Å². The minimum absolute atomic E-state index is 0.494. The molecular weight excluding hydrogens is 208 g/mol. The van der Waals surface area contributed by atoms with Crippen LogP contribution in [0.3, 0.4) is 0 Å². The lowest BCUT2D eigenvalue weighted by Crippen LogP contribution is -2.37. The molecule has 0 aliphatic heterocycles. The molecule has 0 aromatic carbocycles. The standard InChI is InChI=1S/C15H30N2/c1-12-5-3-7-14(11-12)17(2)10-9-13-6-4-8-15(13)16/h12-15H,3-11,16H2,1-2H3. The lowest BCUT2D eigenvalue weighted by atomic mass is 9.86. The van der Waals surface area contributed by atoms with Crippen molar-refractivity contribution >= 4 is 0 Å². The highest BCUT2D eigenvalue weighted by Crippen LogP contribution is 2.29. The molecule has 0 aromatic heterocycles. The molecule has 4 atom stereocenters. The maximum atomic E-state index is 6.15. The Morgan fingerprint density at radius 3 is 2.53 bits per heavy atom. The second kappa shape index (κ2) is 6.19. The van der Waals surface area contributed by atoms with Crippen LogP contribution in [0.1, 0.15) is 58.3 Å². The Morgan fingerprint density at radius 2 is 1.88 bits per heavy atom. The zero-order valence-corrected chi connectivity index (χ0v) is 11.7. The lowest BCUT2D eigenvalue weighted by Gasteiger charge is -2.34. The first kappa shape index (κ1) is 13.4. The van der Waals surface area contributed by atoms with Crippen LogP contribution in [0.5, 0.6) is 0 Å². The van der Waals surface area contributed by atoms with Crippen LogP contribution in [0, 0.1) is 11.8 Å². The number of nitrogens with zero attached hydrogens (tertiary/aromatic N) is 1. The quantitative estimate of drug-likeness (QED) is 0.816. The highest BCUT2D eigenvalue weighted by atomic mass is 15.1. The third-order valence-corrected chi connectivity index (χ3v) is 5.10. The topological polar surface area (TPSA) is 29.3 Å². The molecule has 0 amide bonds. The lowest BCUT2D eigenvalue weighted by molar-refractivity contribution is 0.154. The Balaban J connectivity index is 1.71. The van der Waals surface area contributed by atoms with Crippen molar-refractivity contribution in [3.05, 3.63) is 0 Å². The molecule has 17 heavy (non-hydrogen) atoms. The molecule has 0 radical (unpaired) electrons. The summed E-state index contributed by atoms with van der Waals surface area (Å²) in [5, 5.41) is 0. The van der Waals surface area contributed by atoms with Crippen LogP contribution in [-0.4, -0.2) is 30.6 Å². The fourth-order valence-electron chi connectivity index (χ4n) is 3.78. The van der Waals surface area contributed by atoms with Crippen LogP contribution in [0.2, 0.25) is 0 Å². The maximum Gasteiger partial charge on any atom is 0.00947 e. The van der Waals surface area contributed by atoms with Crippen molar-refractivity contribution in [3.63, 3.8) is 0 Å². The maximum absolute atomic E-state index is 6.15. The van der Waals surface area contributed by atoms with Gasteiger partial charge in [-0.25, -0.2) is 0 Å². The summed E-state index contributed by atoms with van der Waals surface area (Å²) in [6, 6.07) is 1.34. The Labute approximate surface area is 107 Å². The van der Waals surface area contributed by atoms with E-state index >= 15 is 0 Å². The molecule has 2 aliphatic rings. The van der Waals surface area contributed by atoms with Gasteiger partial charge in [-0.1, -0.05) is 26.2 Å². The van der Waals surface area contributed by atoms with Crippen LogP contribution >= 0.6 is 0 Å². The van der Waals surface area contributed by atoms with E-state index in [1.165, 1.54) is 57.9 Å². The van der Waals surface area contributed by atoms with Crippen molar-refractivity contribution in [2.24, 2.45) is 17.6 Å². The first-order valence-corrected chi connectivity index (χ1v) is 7.62. The summed E-state index contributed by atoms with van der Waals surface area (Å²) in [7, 11) is 2.32. The molecule has 0 bridgehead atoms. The molecule has 2 rings (SSSR count). The van der Waals surface area contributed by atoms with Gasteiger partial charge in [0.15, 0.2) is 0 Å². The second-order valence-electron chi connectivity index (χ2n) is 6.55. The summed E-state index contributed by atoms with van der Waals surface area (Å²) < 4.78 is 0. The molecule has 2 N–H and O–H groups in total. The van der Waals surface area contributed by atoms with Gasteiger partial charge in [0.25, 0.3) is 0 Å². The van der Waals surface area contributed by atoms with Crippen LogP contribution in [-0.2, 0) is 0 Å². The van der Waals surface area contributed by atoms with Crippen LogP contribution in [0.15, 0.2) is 0 Å². The molecular formula is C15H30N2. The summed E-state index contributed by atoms with van der Waals surface area (Å²) in [5.74, 6) is 1.74. The normalized spacial score (nSPS) is 38.8. The highest BCUT2D eigenvalue weighted by Gasteiger charge is 2.26. The zero-order chi connectivity index (χ0) is 12.3.